The molecule has 8 aliphatic rings. The monoisotopic (exact) mass is 2010 g/mol. The molecule has 0 aromatic heterocycles. The highest BCUT2D eigenvalue weighted by molar-refractivity contribution is 8.26. The fraction of sp³-hybridized carbons (Fsp3) is 0.136. The number of anilines is 3. The topological polar surface area (TPSA) is 49.4 Å². The van der Waals surface area contributed by atoms with Gasteiger partial charge in [0.05, 0.1) is 22.7 Å². The average molecular weight is 2020 g/mol. The first-order valence-corrected chi connectivity index (χ1v) is 59.3. The van der Waals surface area contributed by atoms with Crippen molar-refractivity contribution in [1.29, 1.82) is 0 Å². The highest BCUT2D eigenvalue weighted by Gasteiger charge is 2.48. The third-order valence-corrected chi connectivity index (χ3v) is 38.4. The Bertz CT molecular complexity index is 8170. The summed E-state index contributed by atoms with van der Waals surface area (Å²) < 4.78 is 33.6. The molecule has 0 saturated heterocycles. The van der Waals surface area contributed by atoms with Gasteiger partial charge in [0.2, 0.25) is 6.71 Å². The number of benzene rings is 21. The van der Waals surface area contributed by atoms with E-state index in [1.165, 1.54) is 96.1 Å². The van der Waals surface area contributed by atoms with Crippen molar-refractivity contribution in [3.05, 3.63) is 419 Å². The molecule has 726 valence electrons. The summed E-state index contributed by atoms with van der Waals surface area (Å²) in [5, 5.41) is 20.3. The molecule has 0 saturated carbocycles. The van der Waals surface area contributed by atoms with Crippen LogP contribution < -0.4 is 93.2 Å². The standard InChI is InChI=1S/2C36H21O2PS.C24H16BNO.C18H11BS2.9C2H6/c40-39-32-18-16-23-9-2-5-13-28(23)34(32)37-30-20-25(27-15-7-11-22-8-1-4-12-26(22)27)21-31(36(30)39)38-35-29-14-6-3-10-24(29)17-19-33(35)39;40-39-34-28-13-5-2-9-23(28)16-18-30(34)37-32-20-25(27-15-7-11-22-8-1-4-12-26(22)27)21-33(36(32)39)38-31-19-17-24-10-3-6-14-29(24)35(31)39;1-2-9-17(10-3-1)26-20-13-6-4-11-18(20)25-19-12-5-7-15-22(19)27-23-16-8-14-21(26)24(23)25;1-3-8-14-12(6-1)19-13-7-2-4-9-15(13)21-17-11-5-10-16(20-14)18(17)19;9*1-2/h2*1-21H;1-16H;1-11H;9*1-2H3. The Hall–Kier alpha value is -13.9. The molecule has 0 spiro atoms. The fourth-order valence-corrected chi connectivity index (χ4v) is 32.7. The molecule has 0 radical (unpaired) electrons. The molecule has 21 aromatic rings. The second-order valence-electron chi connectivity index (χ2n) is 33.2. The first kappa shape index (κ1) is 104. The summed E-state index contributed by atoms with van der Waals surface area (Å²) in [6, 6.07) is 143. The van der Waals surface area contributed by atoms with Crippen molar-refractivity contribution in [2.24, 2.45) is 0 Å². The number of nitrogens with zero attached hydrogens (tertiary/aromatic N) is 1. The van der Waals surface area contributed by atoms with E-state index in [2.05, 4.69) is 417 Å². The van der Waals surface area contributed by atoms with Crippen molar-refractivity contribution in [2.45, 2.75) is 144 Å². The van der Waals surface area contributed by atoms with Crippen LogP contribution in [0, 0.1) is 0 Å². The van der Waals surface area contributed by atoms with E-state index in [-0.39, 0.29) is 6.71 Å². The minimum absolute atomic E-state index is 0.192. The number of ether oxygens (including phenoxy) is 5. The second kappa shape index (κ2) is 46.7. The van der Waals surface area contributed by atoms with Crippen LogP contribution in [0.4, 0.5) is 17.1 Å². The number of fused-ring (bicyclic) bond motifs is 26. The lowest BCUT2D eigenvalue weighted by Crippen LogP contribution is -2.59. The van der Waals surface area contributed by atoms with E-state index in [1.54, 1.807) is 0 Å². The molecule has 0 aliphatic carbocycles. The van der Waals surface area contributed by atoms with Crippen LogP contribution in [0.25, 0.3) is 86.9 Å². The van der Waals surface area contributed by atoms with Crippen LogP contribution in [0.1, 0.15) is 125 Å². The Morgan fingerprint density at radius 3 is 1.01 bits per heavy atom. The Kier molecular flexibility index (Phi) is 33.1. The molecule has 21 aromatic carbocycles. The predicted octanol–water partition coefficient (Wildman–Crippen LogP) is 34.0. The van der Waals surface area contributed by atoms with Gasteiger partial charge in [0.25, 0.3) is 6.71 Å². The molecule has 6 nitrogen and oxygen atoms in total. The summed E-state index contributed by atoms with van der Waals surface area (Å²) in [6.07, 6.45) is 0. The second-order valence-corrected chi connectivity index (χ2v) is 43.9. The maximum atomic E-state index is 7.00. The normalized spacial score (nSPS) is 12.7. The minimum atomic E-state index is -2.58. The number of hydrogen-bond acceptors (Lipinski definition) is 10. The van der Waals surface area contributed by atoms with E-state index < -0.39 is 12.1 Å². The highest BCUT2D eigenvalue weighted by atomic mass is 32.4. The van der Waals surface area contributed by atoms with Crippen LogP contribution >= 0.6 is 35.6 Å². The first-order chi connectivity index (χ1) is 72.2. The maximum Gasteiger partial charge on any atom is 0.256 e. The van der Waals surface area contributed by atoms with Crippen molar-refractivity contribution < 1.29 is 23.7 Å². The van der Waals surface area contributed by atoms with E-state index in [4.69, 9.17) is 47.3 Å². The molecule has 0 bridgehead atoms. The van der Waals surface area contributed by atoms with Gasteiger partial charge in [-0.25, -0.2) is 0 Å². The molecule has 8 heterocycles. The Balaban J connectivity index is 0.000000129. The summed E-state index contributed by atoms with van der Waals surface area (Å²) in [6.45, 7) is 36.6. The van der Waals surface area contributed by atoms with Crippen molar-refractivity contribution in [2.75, 3.05) is 4.90 Å². The van der Waals surface area contributed by atoms with Gasteiger partial charge in [-0.1, -0.05) is 492 Å². The van der Waals surface area contributed by atoms with E-state index in [0.717, 1.165) is 150 Å². The van der Waals surface area contributed by atoms with E-state index in [0.29, 0.717) is 6.71 Å². The maximum absolute atomic E-state index is 7.00. The lowest BCUT2D eigenvalue weighted by Gasteiger charge is -2.39. The molecule has 29 rings (SSSR count). The lowest BCUT2D eigenvalue weighted by atomic mass is 9.34. The van der Waals surface area contributed by atoms with Gasteiger partial charge in [-0.05, 0) is 207 Å². The number of hydrogen-bond donors (Lipinski definition) is 0. The smallest absolute Gasteiger partial charge is 0.256 e. The van der Waals surface area contributed by atoms with Crippen molar-refractivity contribution in [3.63, 3.8) is 0 Å². The first-order valence-electron chi connectivity index (χ1n) is 52.1. The molecular formula is C132H123B2NO5P2S4. The average Bonchev–Trinajstić information content (AvgIpc) is 0.689. The summed E-state index contributed by atoms with van der Waals surface area (Å²) in [4.78, 5) is 7.97. The molecule has 14 heteroatoms. The van der Waals surface area contributed by atoms with Crippen molar-refractivity contribution in [3.8, 4) is 79.7 Å². The lowest BCUT2D eigenvalue weighted by molar-refractivity contribution is 0.467. The molecule has 146 heavy (non-hydrogen) atoms. The van der Waals surface area contributed by atoms with Crippen LogP contribution in [0.5, 0.6) is 57.5 Å². The van der Waals surface area contributed by atoms with Crippen molar-refractivity contribution >= 4 is 219 Å². The quantitative estimate of drug-likeness (QED) is 0.126. The van der Waals surface area contributed by atoms with Crippen LogP contribution in [0.2, 0.25) is 0 Å². The highest BCUT2D eigenvalue weighted by Crippen LogP contribution is 2.64. The molecule has 8 aliphatic heterocycles. The SMILES string of the molecule is CC.CC.CC.CC.CC.CC.CC.CC.CC.S=P12c3c(cc(-c4cccc5ccccc45)cc3Oc3ccc4ccccc4c31)Oc1ccc3ccccc3c12.S=P12c3ccc4ccccc4c3Oc3cc(-c4cccc5ccccc45)cc(c31)Oc1c2ccc2ccccc12.c1ccc(N2c3ccccc3B3c4ccccc4Oc4cccc2c43)cc1.c1ccc2c(c1)Sc1cccc3c1B2c1ccccc1S3. The zero-order chi connectivity index (χ0) is 102. The zero-order valence-corrected chi connectivity index (χ0v) is 91.6. The predicted molar refractivity (Wildman–Crippen MR) is 648 cm³/mol. The van der Waals surface area contributed by atoms with Crippen LogP contribution in [-0.2, 0) is 23.6 Å². The summed E-state index contributed by atoms with van der Waals surface area (Å²) >= 11 is 17.7. The third kappa shape index (κ3) is 18.3. The minimum Gasteiger partial charge on any atom is -0.458 e. The summed E-state index contributed by atoms with van der Waals surface area (Å²) in [7, 11) is 0. The Morgan fingerprint density at radius 1 is 0.219 bits per heavy atom. The van der Waals surface area contributed by atoms with Gasteiger partial charge in [0.1, 0.15) is 57.5 Å². The van der Waals surface area contributed by atoms with Crippen LogP contribution in [0.15, 0.2) is 438 Å². The third-order valence-electron chi connectivity index (χ3n) is 26.3. The van der Waals surface area contributed by atoms with E-state index >= 15 is 0 Å². The molecule has 0 unspecified atom stereocenters. The molecule has 0 fully saturated rings. The van der Waals surface area contributed by atoms with E-state index in [9.17, 15) is 0 Å². The fourth-order valence-electron chi connectivity index (χ4n) is 20.7. The zero-order valence-electron chi connectivity index (χ0n) is 86.5. The van der Waals surface area contributed by atoms with Gasteiger partial charge in [-0.3, -0.25) is 0 Å². The Labute approximate surface area is 882 Å². The van der Waals surface area contributed by atoms with Crippen molar-refractivity contribution in [1.82, 2.24) is 0 Å². The molecule has 0 N–H and O–H groups in total. The molecule has 0 amide bonds. The van der Waals surface area contributed by atoms with E-state index in [1.807, 2.05) is 154 Å². The summed E-state index contributed by atoms with van der Waals surface area (Å²) in [5.41, 5.74) is 16.2. The van der Waals surface area contributed by atoms with Gasteiger partial charge < -0.3 is 28.6 Å². The molecule has 0 atom stereocenters. The van der Waals surface area contributed by atoms with Gasteiger partial charge >= 0.3 is 0 Å². The van der Waals surface area contributed by atoms with Gasteiger partial charge in [-0.2, -0.15) is 0 Å². The number of rotatable bonds is 3. The van der Waals surface area contributed by atoms with Crippen LogP contribution in [-0.4, -0.2) is 13.4 Å². The van der Waals surface area contributed by atoms with Gasteiger partial charge in [-0.15, -0.1) is 0 Å². The van der Waals surface area contributed by atoms with Gasteiger partial charge in [0, 0.05) is 68.6 Å². The largest absolute Gasteiger partial charge is 0.458 e. The number of para-hydroxylation sites is 3. The van der Waals surface area contributed by atoms with Gasteiger partial charge in [0.15, 0.2) is 0 Å². The summed E-state index contributed by atoms with van der Waals surface area (Å²) in [5.74, 6) is 8.52. The van der Waals surface area contributed by atoms with Crippen LogP contribution in [0.3, 0.4) is 0 Å². The Morgan fingerprint density at radius 2 is 0.534 bits per heavy atom. The molecular weight excluding hydrogens is 1890 g/mol.